The van der Waals surface area contributed by atoms with Gasteiger partial charge in [-0.2, -0.15) is 0 Å². The van der Waals surface area contributed by atoms with Crippen molar-refractivity contribution in [1.82, 2.24) is 15.2 Å². The van der Waals surface area contributed by atoms with Crippen molar-refractivity contribution < 1.29 is 9.59 Å². The molecule has 5 heteroatoms. The van der Waals surface area contributed by atoms with Crippen molar-refractivity contribution in [3.8, 4) is 0 Å². The average molecular weight is 251 g/mol. The highest BCUT2D eigenvalue weighted by molar-refractivity contribution is 5.85. The van der Waals surface area contributed by atoms with Gasteiger partial charge in [0.15, 0.2) is 0 Å². The zero-order valence-corrected chi connectivity index (χ0v) is 11.0. The minimum atomic E-state index is -0.281. The number of carbonyl (C=O) groups excluding carboxylic acids is 2. The summed E-state index contributed by atoms with van der Waals surface area (Å²) in [6, 6.07) is 3.95. The fourth-order valence-corrected chi connectivity index (χ4v) is 1.64. The molecule has 1 atom stereocenters. The number of hydrogen-bond acceptors (Lipinski definition) is 2. The molecule has 0 fully saturated rings. The second kappa shape index (κ2) is 7.53. The quantitative estimate of drug-likeness (QED) is 0.703. The standard InChI is InChI=1S/C13H21N3O2/c1-11(10-12(17)14-2)13(18)15-6-5-9-16-7-3-4-8-16/h3-4,7-8,11H,5-6,9-10H2,1-2H3,(H,14,17)(H,15,18). The first-order valence-corrected chi connectivity index (χ1v) is 6.22. The number of amides is 2. The van der Waals surface area contributed by atoms with Gasteiger partial charge >= 0.3 is 0 Å². The third-order valence-corrected chi connectivity index (χ3v) is 2.78. The zero-order chi connectivity index (χ0) is 13.4. The third kappa shape index (κ3) is 5.03. The Morgan fingerprint density at radius 3 is 2.56 bits per heavy atom. The fraction of sp³-hybridized carbons (Fsp3) is 0.538. The first kappa shape index (κ1) is 14.3. The van der Waals surface area contributed by atoms with Crippen molar-refractivity contribution in [3.05, 3.63) is 24.5 Å². The molecule has 0 spiro atoms. The Bertz CT molecular complexity index is 374. The molecule has 1 rings (SSSR count). The van der Waals surface area contributed by atoms with Crippen LogP contribution in [0, 0.1) is 5.92 Å². The average Bonchev–Trinajstić information content (AvgIpc) is 2.87. The lowest BCUT2D eigenvalue weighted by Gasteiger charge is -2.11. The van der Waals surface area contributed by atoms with E-state index in [2.05, 4.69) is 15.2 Å². The van der Waals surface area contributed by atoms with E-state index in [1.165, 1.54) is 0 Å². The molecule has 0 aromatic carbocycles. The van der Waals surface area contributed by atoms with Gasteiger partial charge in [0, 0.05) is 44.9 Å². The molecule has 1 aromatic rings. The van der Waals surface area contributed by atoms with Gasteiger partial charge in [-0.15, -0.1) is 0 Å². The Balaban J connectivity index is 2.14. The van der Waals surface area contributed by atoms with Crippen LogP contribution in [0.1, 0.15) is 19.8 Å². The minimum absolute atomic E-state index is 0.0638. The summed E-state index contributed by atoms with van der Waals surface area (Å²) in [4.78, 5) is 22.8. The van der Waals surface area contributed by atoms with Gasteiger partial charge < -0.3 is 15.2 Å². The van der Waals surface area contributed by atoms with Gasteiger partial charge in [-0.1, -0.05) is 6.92 Å². The maximum absolute atomic E-state index is 11.7. The number of carbonyl (C=O) groups is 2. The van der Waals surface area contributed by atoms with Crippen molar-refractivity contribution in [2.24, 2.45) is 5.92 Å². The third-order valence-electron chi connectivity index (χ3n) is 2.78. The smallest absolute Gasteiger partial charge is 0.223 e. The van der Waals surface area contributed by atoms with Crippen LogP contribution in [0.4, 0.5) is 0 Å². The van der Waals surface area contributed by atoms with Gasteiger partial charge in [0.1, 0.15) is 0 Å². The number of nitrogens with zero attached hydrogens (tertiary/aromatic N) is 1. The second-order valence-corrected chi connectivity index (χ2v) is 4.34. The van der Waals surface area contributed by atoms with Gasteiger partial charge in [0.05, 0.1) is 0 Å². The monoisotopic (exact) mass is 251 g/mol. The summed E-state index contributed by atoms with van der Waals surface area (Å²) in [6.45, 7) is 3.28. The Morgan fingerprint density at radius 2 is 1.94 bits per heavy atom. The molecule has 100 valence electrons. The first-order valence-electron chi connectivity index (χ1n) is 6.22. The van der Waals surface area contributed by atoms with Crippen molar-refractivity contribution in [3.63, 3.8) is 0 Å². The summed E-state index contributed by atoms with van der Waals surface area (Å²) >= 11 is 0. The van der Waals surface area contributed by atoms with Crippen molar-refractivity contribution in [2.75, 3.05) is 13.6 Å². The molecule has 0 aliphatic carbocycles. The first-order chi connectivity index (χ1) is 8.63. The van der Waals surface area contributed by atoms with Gasteiger partial charge in [-0.25, -0.2) is 0 Å². The van der Waals surface area contributed by atoms with Crippen LogP contribution in [0.25, 0.3) is 0 Å². The second-order valence-electron chi connectivity index (χ2n) is 4.34. The zero-order valence-electron chi connectivity index (χ0n) is 11.0. The molecule has 2 amide bonds. The number of rotatable bonds is 7. The number of aromatic nitrogens is 1. The van der Waals surface area contributed by atoms with Gasteiger partial charge in [0.2, 0.25) is 11.8 Å². The predicted molar refractivity (Wildman–Crippen MR) is 69.9 cm³/mol. The van der Waals surface area contributed by atoms with Gasteiger partial charge in [0.25, 0.3) is 0 Å². The fourth-order valence-electron chi connectivity index (χ4n) is 1.64. The highest BCUT2D eigenvalue weighted by Crippen LogP contribution is 2.01. The van der Waals surface area contributed by atoms with Gasteiger partial charge in [-0.3, -0.25) is 9.59 Å². The number of hydrogen-bond donors (Lipinski definition) is 2. The molecule has 0 saturated heterocycles. The SMILES string of the molecule is CNC(=O)CC(C)C(=O)NCCCn1cccc1. The number of aryl methyl sites for hydroxylation is 1. The van der Waals surface area contributed by atoms with Gasteiger partial charge in [-0.05, 0) is 18.6 Å². The summed E-state index contributed by atoms with van der Waals surface area (Å²) in [5, 5.41) is 5.36. The molecule has 0 bridgehead atoms. The Labute approximate surface area is 108 Å². The van der Waals surface area contributed by atoms with Crippen LogP contribution in [0.2, 0.25) is 0 Å². The summed E-state index contributed by atoms with van der Waals surface area (Å²) in [7, 11) is 1.57. The molecule has 0 saturated carbocycles. The molecule has 1 aromatic heterocycles. The lowest BCUT2D eigenvalue weighted by molar-refractivity contribution is -0.129. The highest BCUT2D eigenvalue weighted by Gasteiger charge is 2.15. The van der Waals surface area contributed by atoms with E-state index in [0.717, 1.165) is 13.0 Å². The molecular weight excluding hydrogens is 230 g/mol. The summed E-state index contributed by atoms with van der Waals surface area (Å²) in [5.41, 5.74) is 0. The van der Waals surface area contributed by atoms with Crippen molar-refractivity contribution >= 4 is 11.8 Å². The molecule has 18 heavy (non-hydrogen) atoms. The topological polar surface area (TPSA) is 63.1 Å². The van der Waals surface area contributed by atoms with E-state index in [-0.39, 0.29) is 24.2 Å². The summed E-state index contributed by atoms with van der Waals surface area (Å²) < 4.78 is 2.07. The molecule has 0 aliphatic heterocycles. The van der Waals surface area contributed by atoms with Crippen LogP contribution in [0.3, 0.4) is 0 Å². The molecular formula is C13H21N3O2. The molecule has 0 aliphatic rings. The van der Waals surface area contributed by atoms with Crippen LogP contribution in [-0.4, -0.2) is 30.0 Å². The molecule has 5 nitrogen and oxygen atoms in total. The lowest BCUT2D eigenvalue weighted by atomic mass is 10.1. The van der Waals surface area contributed by atoms with Crippen LogP contribution in [-0.2, 0) is 16.1 Å². The van der Waals surface area contributed by atoms with E-state index in [4.69, 9.17) is 0 Å². The minimum Gasteiger partial charge on any atom is -0.359 e. The summed E-state index contributed by atoms with van der Waals surface area (Å²) in [6.07, 6.45) is 5.11. The van der Waals surface area contributed by atoms with Crippen LogP contribution in [0.15, 0.2) is 24.5 Å². The van der Waals surface area contributed by atoms with E-state index in [1.54, 1.807) is 14.0 Å². The molecule has 0 radical (unpaired) electrons. The van der Waals surface area contributed by atoms with E-state index >= 15 is 0 Å². The van der Waals surface area contributed by atoms with E-state index in [1.807, 2.05) is 24.5 Å². The highest BCUT2D eigenvalue weighted by atomic mass is 16.2. The van der Waals surface area contributed by atoms with Crippen LogP contribution < -0.4 is 10.6 Å². The van der Waals surface area contributed by atoms with Crippen molar-refractivity contribution in [1.29, 1.82) is 0 Å². The predicted octanol–water partition coefficient (Wildman–Crippen LogP) is 0.767. The largest absolute Gasteiger partial charge is 0.359 e. The lowest BCUT2D eigenvalue weighted by Crippen LogP contribution is -2.33. The Hall–Kier alpha value is -1.78. The molecule has 1 heterocycles. The summed E-state index contributed by atoms with van der Waals surface area (Å²) in [5.74, 6) is -0.451. The van der Waals surface area contributed by atoms with Crippen LogP contribution >= 0.6 is 0 Å². The van der Waals surface area contributed by atoms with Crippen molar-refractivity contribution in [2.45, 2.75) is 26.3 Å². The van der Waals surface area contributed by atoms with Crippen LogP contribution in [0.5, 0.6) is 0 Å². The molecule has 1 unspecified atom stereocenters. The molecule has 2 N–H and O–H groups in total. The maximum Gasteiger partial charge on any atom is 0.223 e. The number of nitrogens with one attached hydrogen (secondary N) is 2. The van der Waals surface area contributed by atoms with E-state index in [0.29, 0.717) is 6.54 Å². The van der Waals surface area contributed by atoms with E-state index in [9.17, 15) is 9.59 Å². The van der Waals surface area contributed by atoms with E-state index < -0.39 is 0 Å². The Morgan fingerprint density at radius 1 is 1.28 bits per heavy atom. The normalized spacial score (nSPS) is 11.9. The Kier molecular flexibility index (Phi) is 5.97. The maximum atomic E-state index is 11.7.